The summed E-state index contributed by atoms with van der Waals surface area (Å²) >= 11 is -1.10. The van der Waals surface area contributed by atoms with Gasteiger partial charge < -0.3 is 0 Å². The van der Waals surface area contributed by atoms with Crippen LogP contribution in [0.2, 0.25) is 3.43 Å². The fraction of sp³-hybridized carbons (Fsp3) is 0.864. The fourth-order valence-corrected chi connectivity index (χ4v) is 9.13. The van der Waals surface area contributed by atoms with Gasteiger partial charge in [-0.2, -0.15) is 0 Å². The van der Waals surface area contributed by atoms with Gasteiger partial charge >= 0.3 is 173 Å². The van der Waals surface area contributed by atoms with Gasteiger partial charge in [-0.3, -0.25) is 0 Å². The Morgan fingerprint density at radius 3 is 1.85 bits per heavy atom. The van der Waals surface area contributed by atoms with Gasteiger partial charge in [0.25, 0.3) is 0 Å². The summed E-state index contributed by atoms with van der Waals surface area (Å²) in [5.74, 6) is -0.270. The van der Waals surface area contributed by atoms with Crippen LogP contribution in [0.1, 0.15) is 105 Å². The Bertz CT molecular complexity index is 371. The van der Waals surface area contributed by atoms with Gasteiger partial charge in [0.05, 0.1) is 0 Å². The first-order valence-electron chi connectivity index (χ1n) is 10.8. The maximum absolute atomic E-state index is 12.1. The number of ether oxygens (including phenoxy) is 1. The van der Waals surface area contributed by atoms with E-state index >= 15 is 0 Å². The fourth-order valence-electron chi connectivity index (χ4n) is 3.37. The molecule has 26 heavy (non-hydrogen) atoms. The SMILES string of the molecule is CCCC[C](CCCC)(CCCC)[Sn]/[C](=C\C(=O)OCC)C(O)CCC. The summed E-state index contributed by atoms with van der Waals surface area (Å²) in [5.41, 5.74) is 0. The van der Waals surface area contributed by atoms with Gasteiger partial charge in [0.2, 0.25) is 0 Å². The van der Waals surface area contributed by atoms with Crippen molar-refractivity contribution in [3.63, 3.8) is 0 Å². The Morgan fingerprint density at radius 1 is 0.962 bits per heavy atom. The van der Waals surface area contributed by atoms with E-state index in [2.05, 4.69) is 27.7 Å². The number of hydrogen-bond acceptors (Lipinski definition) is 3. The van der Waals surface area contributed by atoms with E-state index in [1.165, 1.54) is 57.8 Å². The van der Waals surface area contributed by atoms with Crippen molar-refractivity contribution in [3.8, 4) is 0 Å². The van der Waals surface area contributed by atoms with E-state index in [-0.39, 0.29) is 5.97 Å². The van der Waals surface area contributed by atoms with Crippen molar-refractivity contribution in [1.82, 2.24) is 0 Å². The first kappa shape index (κ1) is 26.0. The molecule has 0 aliphatic carbocycles. The molecule has 0 aromatic rings. The molecule has 1 unspecified atom stereocenters. The van der Waals surface area contributed by atoms with Gasteiger partial charge in [0, 0.05) is 0 Å². The molecule has 0 amide bonds. The van der Waals surface area contributed by atoms with Crippen molar-refractivity contribution in [2.24, 2.45) is 0 Å². The second-order valence-electron chi connectivity index (χ2n) is 7.37. The molecule has 3 nitrogen and oxygen atoms in total. The number of esters is 1. The van der Waals surface area contributed by atoms with E-state index in [0.29, 0.717) is 10.0 Å². The van der Waals surface area contributed by atoms with Crippen LogP contribution in [0.5, 0.6) is 0 Å². The number of carbonyl (C=O) groups is 1. The topological polar surface area (TPSA) is 46.5 Å². The van der Waals surface area contributed by atoms with Crippen molar-refractivity contribution < 1.29 is 14.6 Å². The van der Waals surface area contributed by atoms with Crippen molar-refractivity contribution in [1.29, 1.82) is 0 Å². The number of rotatable bonds is 16. The van der Waals surface area contributed by atoms with Gasteiger partial charge in [-0.05, 0) is 0 Å². The van der Waals surface area contributed by atoms with Crippen LogP contribution in [0.3, 0.4) is 0 Å². The standard InChI is InChI=1S/C13H27.C9H15O3.Sn/c1-4-7-10-13(11-8-5-2)12-9-6-3;1-3-5-8(10)6-7-9(11)12-4-2;/h4-12H2,1-3H3;7-8,10H,3-5H2,1-2H3;. The van der Waals surface area contributed by atoms with Gasteiger partial charge in [0.1, 0.15) is 0 Å². The predicted molar refractivity (Wildman–Crippen MR) is 113 cm³/mol. The van der Waals surface area contributed by atoms with E-state index in [0.717, 1.165) is 16.4 Å². The molecule has 0 spiro atoms. The molecule has 0 saturated carbocycles. The average Bonchev–Trinajstić information content (AvgIpc) is 2.62. The molecule has 0 fully saturated rings. The molecule has 0 saturated heterocycles. The molecular weight excluding hydrogens is 431 g/mol. The summed E-state index contributed by atoms with van der Waals surface area (Å²) in [4.78, 5) is 12.1. The first-order chi connectivity index (χ1) is 12.5. The van der Waals surface area contributed by atoms with Crippen molar-refractivity contribution >= 4 is 27.1 Å². The third kappa shape index (κ3) is 11.0. The Kier molecular flexibility index (Phi) is 16.0. The van der Waals surface area contributed by atoms with Crippen LogP contribution in [-0.4, -0.2) is 44.9 Å². The number of aliphatic hydroxyl groups is 1. The van der Waals surface area contributed by atoms with Gasteiger partial charge in [-0.25, -0.2) is 0 Å². The van der Waals surface area contributed by atoms with Crippen molar-refractivity contribution in [3.05, 3.63) is 9.67 Å². The Hall–Kier alpha value is -0.0313. The minimum atomic E-state index is -1.10. The van der Waals surface area contributed by atoms with E-state index in [4.69, 9.17) is 4.74 Å². The molecule has 1 atom stereocenters. The Morgan fingerprint density at radius 2 is 1.46 bits per heavy atom. The molecule has 2 radical (unpaired) electrons. The van der Waals surface area contributed by atoms with Crippen molar-refractivity contribution in [2.45, 2.75) is 115 Å². The quantitative estimate of drug-likeness (QED) is 0.169. The monoisotopic (exact) mass is 474 g/mol. The van der Waals surface area contributed by atoms with E-state index < -0.39 is 27.2 Å². The summed E-state index contributed by atoms with van der Waals surface area (Å²) in [6, 6.07) is 0. The second-order valence-corrected chi connectivity index (χ2v) is 12.8. The summed E-state index contributed by atoms with van der Waals surface area (Å²) in [7, 11) is 0. The summed E-state index contributed by atoms with van der Waals surface area (Å²) in [6.45, 7) is 11.1. The average molecular weight is 473 g/mol. The van der Waals surface area contributed by atoms with Crippen LogP contribution in [0.25, 0.3) is 0 Å². The van der Waals surface area contributed by atoms with E-state index in [1.54, 1.807) is 6.08 Å². The third-order valence-corrected chi connectivity index (χ3v) is 10.8. The van der Waals surface area contributed by atoms with Crippen LogP contribution in [0.4, 0.5) is 0 Å². The molecule has 0 aromatic carbocycles. The van der Waals surface area contributed by atoms with E-state index in [9.17, 15) is 9.90 Å². The molecular formula is C22H42O3Sn. The maximum atomic E-state index is 12.1. The van der Waals surface area contributed by atoms with Crippen LogP contribution in [-0.2, 0) is 9.53 Å². The van der Waals surface area contributed by atoms with Crippen molar-refractivity contribution in [2.75, 3.05) is 6.61 Å². The van der Waals surface area contributed by atoms with Crippen LogP contribution < -0.4 is 0 Å². The van der Waals surface area contributed by atoms with Gasteiger partial charge in [0.15, 0.2) is 0 Å². The molecule has 0 aliphatic heterocycles. The Labute approximate surface area is 172 Å². The molecule has 0 rings (SSSR count). The molecule has 0 aromatic heterocycles. The third-order valence-electron chi connectivity index (χ3n) is 4.92. The molecule has 152 valence electrons. The molecule has 1 N–H and O–H groups in total. The van der Waals surface area contributed by atoms with E-state index in [1.807, 2.05) is 6.92 Å². The van der Waals surface area contributed by atoms with Gasteiger partial charge in [-0.15, -0.1) is 0 Å². The number of aliphatic hydroxyl groups excluding tert-OH is 1. The zero-order valence-electron chi connectivity index (χ0n) is 17.9. The molecule has 4 heteroatoms. The van der Waals surface area contributed by atoms with Crippen LogP contribution >= 0.6 is 0 Å². The zero-order valence-corrected chi connectivity index (χ0v) is 20.8. The van der Waals surface area contributed by atoms with Crippen LogP contribution in [0, 0.1) is 0 Å². The number of unbranched alkanes of at least 4 members (excludes halogenated alkanes) is 3. The molecule has 0 heterocycles. The van der Waals surface area contributed by atoms with Crippen LogP contribution in [0.15, 0.2) is 9.67 Å². The normalized spacial score (nSPS) is 13.7. The minimum absolute atomic E-state index is 0.270. The summed E-state index contributed by atoms with van der Waals surface area (Å²) < 4.78 is 6.59. The Balaban J connectivity index is 5.60. The molecule has 0 aliphatic rings. The number of carbonyl (C=O) groups excluding carboxylic acids is 1. The second kappa shape index (κ2) is 16.0. The molecule has 0 bridgehead atoms. The zero-order chi connectivity index (χ0) is 19.8. The number of hydrogen-bond donors (Lipinski definition) is 1. The predicted octanol–water partition coefficient (Wildman–Crippen LogP) is 6.03. The van der Waals surface area contributed by atoms with Gasteiger partial charge in [-0.1, -0.05) is 0 Å². The summed E-state index contributed by atoms with van der Waals surface area (Å²) in [6.07, 6.45) is 14.1. The first-order valence-corrected chi connectivity index (χ1v) is 13.7. The summed E-state index contributed by atoms with van der Waals surface area (Å²) in [5, 5.41) is 10.7.